The van der Waals surface area contributed by atoms with Crippen molar-refractivity contribution in [3.8, 4) is 23.5 Å². The molecule has 0 spiro atoms. The molecule has 1 aromatic heterocycles. The van der Waals surface area contributed by atoms with Crippen molar-refractivity contribution in [3.05, 3.63) is 66.2 Å². The minimum atomic E-state index is -1.30. The van der Waals surface area contributed by atoms with E-state index in [1.54, 1.807) is 18.7 Å². The molecule has 2 atom stereocenters. The molecule has 0 aliphatic carbocycles. The number of methoxy groups -OCH3 is 3. The van der Waals surface area contributed by atoms with Crippen molar-refractivity contribution in [1.29, 1.82) is 0 Å². The summed E-state index contributed by atoms with van der Waals surface area (Å²) in [4.78, 5) is 22.5. The zero-order chi connectivity index (χ0) is 23.8. The minimum Gasteiger partial charge on any atom is -0.481 e. The van der Waals surface area contributed by atoms with E-state index >= 15 is 0 Å². The van der Waals surface area contributed by atoms with E-state index in [4.69, 9.17) is 23.7 Å². The molecule has 0 radical (unpaired) electrons. The van der Waals surface area contributed by atoms with Gasteiger partial charge in [-0.15, -0.1) is 11.8 Å². The first-order chi connectivity index (χ1) is 15.9. The smallest absolute Gasteiger partial charge is 0.351 e. The number of hydrogen-bond acceptors (Lipinski definition) is 9. The van der Waals surface area contributed by atoms with Gasteiger partial charge in [0.05, 0.1) is 27.4 Å². The van der Waals surface area contributed by atoms with Gasteiger partial charge >= 0.3 is 12.0 Å². The predicted octanol–water partition coefficient (Wildman–Crippen LogP) is 4.13. The van der Waals surface area contributed by atoms with Crippen LogP contribution in [0.1, 0.15) is 12.5 Å². The SMILES string of the molecule is COC(=O)C(Oc1nc(OC)cc(OC)n1)C(C)(Oc1ccc(SC)cc1)c1ccccc1. The van der Waals surface area contributed by atoms with Crippen molar-refractivity contribution < 1.29 is 28.5 Å². The number of aromatic nitrogens is 2. The van der Waals surface area contributed by atoms with Gasteiger partial charge < -0.3 is 23.7 Å². The largest absolute Gasteiger partial charge is 0.481 e. The Morgan fingerprint density at radius 2 is 1.55 bits per heavy atom. The number of carbonyl (C=O) groups excluding carboxylic acids is 1. The summed E-state index contributed by atoms with van der Waals surface area (Å²) >= 11 is 1.62. The number of ether oxygens (including phenoxy) is 5. The van der Waals surface area contributed by atoms with E-state index in [1.807, 2.05) is 60.9 Å². The van der Waals surface area contributed by atoms with Gasteiger partial charge in [-0.1, -0.05) is 30.3 Å². The summed E-state index contributed by atoms with van der Waals surface area (Å²) in [5.74, 6) is 0.333. The van der Waals surface area contributed by atoms with Gasteiger partial charge in [0.15, 0.2) is 5.60 Å². The van der Waals surface area contributed by atoms with E-state index in [-0.39, 0.29) is 17.8 Å². The number of thioether (sulfide) groups is 1. The number of hydrogen-bond donors (Lipinski definition) is 0. The molecule has 2 unspecified atom stereocenters. The van der Waals surface area contributed by atoms with Gasteiger partial charge in [0, 0.05) is 4.90 Å². The fourth-order valence-electron chi connectivity index (χ4n) is 3.16. The second-order valence-corrected chi connectivity index (χ2v) is 7.89. The first-order valence-electron chi connectivity index (χ1n) is 10.0. The van der Waals surface area contributed by atoms with Crippen LogP contribution in [0.15, 0.2) is 65.6 Å². The van der Waals surface area contributed by atoms with Gasteiger partial charge in [0.2, 0.25) is 17.9 Å². The van der Waals surface area contributed by atoms with E-state index in [0.29, 0.717) is 11.3 Å². The van der Waals surface area contributed by atoms with Crippen molar-refractivity contribution in [2.75, 3.05) is 27.6 Å². The molecular weight excluding hydrogens is 444 g/mol. The summed E-state index contributed by atoms with van der Waals surface area (Å²) in [7, 11) is 4.20. The fourth-order valence-corrected chi connectivity index (χ4v) is 3.57. The molecule has 33 heavy (non-hydrogen) atoms. The van der Waals surface area contributed by atoms with Gasteiger partial charge in [-0.2, -0.15) is 9.97 Å². The third-order valence-corrected chi connectivity index (χ3v) is 5.70. The number of carbonyl (C=O) groups is 1. The fraction of sp³-hybridized carbons (Fsp3) is 0.292. The number of esters is 1. The molecule has 0 fully saturated rings. The van der Waals surface area contributed by atoms with Crippen LogP contribution < -0.4 is 18.9 Å². The number of nitrogens with zero attached hydrogens (tertiary/aromatic N) is 2. The van der Waals surface area contributed by atoms with Crippen LogP contribution >= 0.6 is 11.8 Å². The number of benzene rings is 2. The summed E-state index contributed by atoms with van der Waals surface area (Å²) in [6.07, 6.45) is 0.731. The van der Waals surface area contributed by atoms with Crippen LogP contribution in [0.25, 0.3) is 0 Å². The quantitative estimate of drug-likeness (QED) is 0.320. The maximum Gasteiger partial charge on any atom is 0.351 e. The summed E-state index contributed by atoms with van der Waals surface area (Å²) < 4.78 is 27.9. The van der Waals surface area contributed by atoms with E-state index < -0.39 is 17.7 Å². The summed E-state index contributed by atoms with van der Waals surface area (Å²) in [6.45, 7) is 1.75. The highest BCUT2D eigenvalue weighted by Gasteiger charge is 2.47. The van der Waals surface area contributed by atoms with Crippen LogP contribution in [0.4, 0.5) is 0 Å². The molecule has 0 N–H and O–H groups in total. The third-order valence-electron chi connectivity index (χ3n) is 4.95. The molecule has 0 amide bonds. The maximum absolute atomic E-state index is 13.0. The molecule has 9 heteroatoms. The van der Waals surface area contributed by atoms with Gasteiger partial charge in [0.25, 0.3) is 0 Å². The van der Waals surface area contributed by atoms with Crippen LogP contribution in [0.3, 0.4) is 0 Å². The van der Waals surface area contributed by atoms with Gasteiger partial charge in [-0.05, 0) is 43.0 Å². The summed E-state index contributed by atoms with van der Waals surface area (Å²) in [6, 6.07) is 18.2. The highest BCUT2D eigenvalue weighted by atomic mass is 32.2. The predicted molar refractivity (Wildman–Crippen MR) is 124 cm³/mol. The van der Waals surface area contributed by atoms with E-state index in [1.165, 1.54) is 27.4 Å². The Balaban J connectivity index is 2.08. The topological polar surface area (TPSA) is 89.0 Å². The van der Waals surface area contributed by atoms with Crippen molar-refractivity contribution >= 4 is 17.7 Å². The average Bonchev–Trinajstić information content (AvgIpc) is 2.87. The highest BCUT2D eigenvalue weighted by molar-refractivity contribution is 7.98. The Labute approximate surface area is 197 Å². The van der Waals surface area contributed by atoms with Gasteiger partial charge in [0.1, 0.15) is 5.75 Å². The molecule has 0 aliphatic heterocycles. The van der Waals surface area contributed by atoms with Crippen molar-refractivity contribution in [3.63, 3.8) is 0 Å². The molecule has 0 aliphatic rings. The Bertz CT molecular complexity index is 1040. The van der Waals surface area contributed by atoms with Crippen molar-refractivity contribution in [2.45, 2.75) is 23.5 Å². The Morgan fingerprint density at radius 3 is 2.06 bits per heavy atom. The van der Waals surface area contributed by atoms with E-state index in [9.17, 15) is 4.79 Å². The first kappa shape index (κ1) is 24.2. The van der Waals surface area contributed by atoms with E-state index in [0.717, 1.165) is 4.90 Å². The molecule has 3 rings (SSSR count). The molecule has 0 saturated heterocycles. The molecule has 2 aromatic carbocycles. The van der Waals surface area contributed by atoms with Gasteiger partial charge in [-0.25, -0.2) is 4.79 Å². The molecule has 3 aromatic rings. The standard InChI is InChI=1S/C24H26N2O6S/c1-24(16-9-7-6-8-10-16,32-17-11-13-18(33-5)14-12-17)21(22(27)30-4)31-23-25-19(28-2)15-20(26-23)29-3/h6-15,21H,1-5H3. The van der Waals surface area contributed by atoms with Crippen LogP contribution in [-0.4, -0.2) is 49.6 Å². The highest BCUT2D eigenvalue weighted by Crippen LogP contribution is 2.35. The first-order valence-corrected chi connectivity index (χ1v) is 11.3. The lowest BCUT2D eigenvalue weighted by Crippen LogP contribution is -2.51. The zero-order valence-electron chi connectivity index (χ0n) is 19.1. The molecule has 174 valence electrons. The van der Waals surface area contributed by atoms with Crippen LogP contribution in [-0.2, 0) is 15.1 Å². The van der Waals surface area contributed by atoms with Crippen LogP contribution in [0.5, 0.6) is 23.5 Å². The molecule has 1 heterocycles. The molecule has 0 saturated carbocycles. The summed E-state index contributed by atoms with van der Waals surface area (Å²) in [5, 5.41) is 0. The lowest BCUT2D eigenvalue weighted by Gasteiger charge is -2.36. The third kappa shape index (κ3) is 5.67. The van der Waals surface area contributed by atoms with Gasteiger partial charge in [-0.3, -0.25) is 0 Å². The average molecular weight is 471 g/mol. The van der Waals surface area contributed by atoms with Crippen LogP contribution in [0.2, 0.25) is 0 Å². The van der Waals surface area contributed by atoms with Crippen molar-refractivity contribution in [1.82, 2.24) is 9.97 Å². The molecule has 8 nitrogen and oxygen atoms in total. The second kappa shape index (κ2) is 10.9. The lowest BCUT2D eigenvalue weighted by atomic mass is 9.89. The maximum atomic E-state index is 13.0. The monoisotopic (exact) mass is 470 g/mol. The Morgan fingerprint density at radius 1 is 0.939 bits per heavy atom. The normalized spacial score (nSPS) is 13.4. The lowest BCUT2D eigenvalue weighted by molar-refractivity contribution is -0.161. The molecular formula is C24H26N2O6S. The minimum absolute atomic E-state index is 0.120. The zero-order valence-corrected chi connectivity index (χ0v) is 19.9. The Kier molecular flexibility index (Phi) is 8.00. The summed E-state index contributed by atoms with van der Waals surface area (Å²) in [5.41, 5.74) is -0.598. The second-order valence-electron chi connectivity index (χ2n) is 7.01. The molecule has 0 bridgehead atoms. The van der Waals surface area contributed by atoms with Crippen LogP contribution in [0, 0.1) is 0 Å². The van der Waals surface area contributed by atoms with Crippen molar-refractivity contribution in [2.24, 2.45) is 0 Å². The van der Waals surface area contributed by atoms with E-state index in [2.05, 4.69) is 9.97 Å². The Hall–Kier alpha value is -3.46. The number of rotatable bonds is 10.